The molecule has 0 spiro atoms. The first-order chi connectivity index (χ1) is 15.5. The zero-order valence-electron chi connectivity index (χ0n) is 17.3. The fourth-order valence-corrected chi connectivity index (χ4v) is 3.01. The van der Waals surface area contributed by atoms with Crippen molar-refractivity contribution >= 4 is 34.8 Å². The summed E-state index contributed by atoms with van der Waals surface area (Å²) in [6.45, 7) is 2.68. The van der Waals surface area contributed by atoms with Crippen LogP contribution in [-0.4, -0.2) is 24.1 Å². The van der Waals surface area contributed by atoms with Crippen molar-refractivity contribution in [1.29, 1.82) is 10.5 Å². The van der Waals surface area contributed by atoms with Crippen molar-refractivity contribution in [2.45, 2.75) is 25.4 Å². The van der Waals surface area contributed by atoms with Gasteiger partial charge in [0.2, 0.25) is 5.71 Å². The third-order valence-corrected chi connectivity index (χ3v) is 4.84. The second-order valence-electron chi connectivity index (χ2n) is 6.74. The van der Waals surface area contributed by atoms with Crippen molar-refractivity contribution in [3.8, 4) is 12.1 Å². The lowest BCUT2D eigenvalue weighted by atomic mass is 9.75. The van der Waals surface area contributed by atoms with Crippen molar-refractivity contribution in [2.24, 2.45) is 5.10 Å². The molecule has 1 N–H and O–H groups in total. The first-order valence-electron chi connectivity index (χ1n) is 9.32. The molecule has 33 heavy (non-hydrogen) atoms. The molecule has 7 nitrogen and oxygen atoms in total. The summed E-state index contributed by atoms with van der Waals surface area (Å²) in [4.78, 5) is 23.3. The molecule has 0 radical (unpaired) electrons. The minimum atomic E-state index is -4.85. The van der Waals surface area contributed by atoms with Gasteiger partial charge in [-0.25, -0.2) is 4.79 Å². The molecule has 0 aromatic heterocycles. The van der Waals surface area contributed by atoms with Crippen LogP contribution < -0.4 is 5.43 Å². The predicted octanol–water partition coefficient (Wildman–Crippen LogP) is 4.61. The number of carbonyl (C=O) groups is 2. The number of nitriles is 2. The Kier molecular flexibility index (Phi) is 7.81. The number of benzene rings is 2. The lowest BCUT2D eigenvalue weighted by molar-refractivity contribution is -0.150. The van der Waals surface area contributed by atoms with Gasteiger partial charge >= 0.3 is 17.9 Å². The summed E-state index contributed by atoms with van der Waals surface area (Å²) < 4.78 is 46.2. The Morgan fingerprint density at radius 1 is 1.12 bits per heavy atom. The molecule has 1 atom stereocenters. The number of alkyl halides is 3. The number of ketones is 1. The van der Waals surface area contributed by atoms with Crippen LogP contribution >= 0.6 is 11.6 Å². The molecule has 0 aliphatic rings. The van der Waals surface area contributed by atoms with Crippen molar-refractivity contribution in [1.82, 2.24) is 0 Å². The Balaban J connectivity index is 2.52. The van der Waals surface area contributed by atoms with Crippen molar-refractivity contribution in [3.63, 3.8) is 0 Å². The fourth-order valence-electron chi connectivity index (χ4n) is 2.89. The molecule has 0 amide bonds. The maximum absolute atomic E-state index is 13.9. The maximum atomic E-state index is 13.9. The van der Waals surface area contributed by atoms with Gasteiger partial charge in [-0.05, 0) is 49.2 Å². The molecule has 0 saturated heterocycles. The monoisotopic (exact) mass is 476 g/mol. The van der Waals surface area contributed by atoms with Crippen LogP contribution in [0.25, 0.3) is 0 Å². The molecule has 2 aromatic carbocycles. The second-order valence-corrected chi connectivity index (χ2v) is 7.17. The Bertz CT molecular complexity index is 1180. The highest BCUT2D eigenvalue weighted by Gasteiger charge is 2.41. The van der Waals surface area contributed by atoms with E-state index in [4.69, 9.17) is 16.9 Å². The van der Waals surface area contributed by atoms with E-state index in [2.05, 4.69) is 15.3 Å². The summed E-state index contributed by atoms with van der Waals surface area (Å²) in [5, 5.41) is 22.6. The van der Waals surface area contributed by atoms with Gasteiger partial charge in [-0.1, -0.05) is 29.8 Å². The van der Waals surface area contributed by atoms with E-state index >= 15 is 0 Å². The number of carbonyl (C=O) groups excluding carboxylic acids is 2. The molecule has 2 rings (SSSR count). The average Bonchev–Trinajstić information content (AvgIpc) is 2.78. The summed E-state index contributed by atoms with van der Waals surface area (Å²) in [5.41, 5.74) is -1.78. The van der Waals surface area contributed by atoms with Crippen molar-refractivity contribution < 1.29 is 27.5 Å². The van der Waals surface area contributed by atoms with Gasteiger partial charge in [0.05, 0.1) is 23.9 Å². The van der Waals surface area contributed by atoms with Crippen LogP contribution in [0.2, 0.25) is 5.02 Å². The number of anilines is 1. The number of nitrogens with one attached hydrogen (secondary N) is 1. The van der Waals surface area contributed by atoms with E-state index in [1.807, 2.05) is 6.07 Å². The highest BCUT2D eigenvalue weighted by Crippen LogP contribution is 2.42. The number of ether oxygens (including phenoxy) is 1. The molecule has 0 aliphatic carbocycles. The number of Topliss-reactive ketones (excluding diaryl/α,β-unsaturated/α-hetero) is 1. The Labute approximate surface area is 192 Å². The Hall–Kier alpha value is -3.89. The molecule has 2 aromatic rings. The van der Waals surface area contributed by atoms with Gasteiger partial charge < -0.3 is 4.74 Å². The summed E-state index contributed by atoms with van der Waals surface area (Å²) in [6, 6.07) is 12.2. The Morgan fingerprint density at radius 3 is 2.27 bits per heavy atom. The molecule has 170 valence electrons. The summed E-state index contributed by atoms with van der Waals surface area (Å²) in [7, 11) is 0. The third-order valence-electron chi connectivity index (χ3n) is 4.59. The van der Waals surface area contributed by atoms with E-state index < -0.39 is 34.6 Å². The number of hydrazone groups is 1. The van der Waals surface area contributed by atoms with Gasteiger partial charge in [-0.3, -0.25) is 10.2 Å². The van der Waals surface area contributed by atoms with Crippen molar-refractivity contribution in [3.05, 3.63) is 64.2 Å². The summed E-state index contributed by atoms with van der Waals surface area (Å²) >= 11 is 5.85. The molecule has 11 heteroatoms. The van der Waals surface area contributed by atoms with Gasteiger partial charge in [0.1, 0.15) is 11.5 Å². The number of hydrogen-bond acceptors (Lipinski definition) is 7. The zero-order chi connectivity index (χ0) is 24.8. The predicted molar refractivity (Wildman–Crippen MR) is 113 cm³/mol. The van der Waals surface area contributed by atoms with Gasteiger partial charge in [0.25, 0.3) is 0 Å². The van der Waals surface area contributed by atoms with Crippen LogP contribution in [0.15, 0.2) is 47.6 Å². The zero-order valence-corrected chi connectivity index (χ0v) is 18.1. The summed E-state index contributed by atoms with van der Waals surface area (Å²) in [5.74, 6) is -2.67. The molecular formula is C22H16ClF3N4O3. The van der Waals surface area contributed by atoms with Crippen LogP contribution in [-0.2, 0) is 25.9 Å². The van der Waals surface area contributed by atoms with E-state index in [1.54, 1.807) is 0 Å². The topological polar surface area (TPSA) is 115 Å². The van der Waals surface area contributed by atoms with Crippen LogP contribution in [0.5, 0.6) is 0 Å². The normalized spacial score (nSPS) is 13.3. The minimum absolute atomic E-state index is 0.113. The number of rotatable bonds is 7. The number of nitrogens with zero attached hydrogens (tertiary/aromatic N) is 3. The molecule has 1 unspecified atom stereocenters. The molecule has 0 fully saturated rings. The van der Waals surface area contributed by atoms with E-state index in [9.17, 15) is 28.0 Å². The highest BCUT2D eigenvalue weighted by molar-refractivity contribution is 6.67. The SMILES string of the molecule is CCOC(=O)C(=O)C(C#N)=NNc1ccc(C(C)(C#N)c2ccc(Cl)cc2)c(C(F)(F)F)c1. The van der Waals surface area contributed by atoms with Gasteiger partial charge in [0, 0.05) is 5.02 Å². The van der Waals surface area contributed by atoms with E-state index in [0.29, 0.717) is 16.7 Å². The Morgan fingerprint density at radius 2 is 1.76 bits per heavy atom. The van der Waals surface area contributed by atoms with E-state index in [0.717, 1.165) is 6.07 Å². The first kappa shape index (κ1) is 25.4. The maximum Gasteiger partial charge on any atom is 0.416 e. The van der Waals surface area contributed by atoms with Gasteiger partial charge in [0.15, 0.2) is 0 Å². The van der Waals surface area contributed by atoms with Crippen LogP contribution in [0, 0.1) is 22.7 Å². The highest BCUT2D eigenvalue weighted by atomic mass is 35.5. The quantitative estimate of drug-likeness (QED) is 0.270. The number of esters is 1. The first-order valence-corrected chi connectivity index (χ1v) is 9.70. The van der Waals surface area contributed by atoms with Gasteiger partial charge in [-0.2, -0.15) is 28.8 Å². The summed E-state index contributed by atoms with van der Waals surface area (Å²) in [6.07, 6.45) is -4.85. The number of hydrogen-bond donors (Lipinski definition) is 1. The lowest BCUT2D eigenvalue weighted by Gasteiger charge is -2.27. The largest absolute Gasteiger partial charge is 0.460 e. The fraction of sp³-hybridized carbons (Fsp3) is 0.227. The van der Waals surface area contributed by atoms with Crippen LogP contribution in [0.3, 0.4) is 0 Å². The standard InChI is InChI=1S/C22H16ClF3N4O3/c1-3-33-20(32)19(31)18(11-27)30-29-15-8-9-16(17(10-15)22(24,25)26)21(2,12-28)13-4-6-14(23)7-5-13/h4-10,29H,3H2,1-2H3. The molecule has 0 saturated carbocycles. The molecule has 0 bridgehead atoms. The van der Waals surface area contributed by atoms with Crippen LogP contribution in [0.1, 0.15) is 30.5 Å². The average molecular weight is 477 g/mol. The van der Waals surface area contributed by atoms with Gasteiger partial charge in [-0.15, -0.1) is 0 Å². The van der Waals surface area contributed by atoms with E-state index in [1.165, 1.54) is 50.2 Å². The third kappa shape index (κ3) is 5.68. The molecular weight excluding hydrogens is 461 g/mol. The lowest BCUT2D eigenvalue weighted by Crippen LogP contribution is -2.26. The minimum Gasteiger partial charge on any atom is -0.460 e. The molecule has 0 aliphatic heterocycles. The van der Waals surface area contributed by atoms with Crippen LogP contribution in [0.4, 0.5) is 18.9 Å². The second kappa shape index (κ2) is 10.2. The van der Waals surface area contributed by atoms with Crippen molar-refractivity contribution in [2.75, 3.05) is 12.0 Å². The number of halogens is 4. The molecule has 0 heterocycles. The smallest absolute Gasteiger partial charge is 0.416 e. The van der Waals surface area contributed by atoms with E-state index in [-0.39, 0.29) is 17.9 Å².